The van der Waals surface area contributed by atoms with Gasteiger partial charge in [-0.25, -0.2) is 0 Å². The molecule has 3 amide bonds. The Bertz CT molecular complexity index is 581. The molecule has 0 aromatic rings. The molecule has 160 valence electrons. The second-order valence-corrected chi connectivity index (χ2v) is 6.58. The molecular formula is C16H28N4O8. The van der Waals surface area contributed by atoms with Crippen LogP contribution in [0, 0.1) is 5.92 Å². The van der Waals surface area contributed by atoms with Crippen LogP contribution in [-0.4, -0.2) is 82.2 Å². The Balaban J connectivity index is 5.21. The molecule has 0 saturated carbocycles. The van der Waals surface area contributed by atoms with Crippen LogP contribution in [0.4, 0.5) is 0 Å². The van der Waals surface area contributed by atoms with Crippen LogP contribution in [0.15, 0.2) is 0 Å². The largest absolute Gasteiger partial charge is 0.481 e. The molecule has 28 heavy (non-hydrogen) atoms. The van der Waals surface area contributed by atoms with Gasteiger partial charge in [0.15, 0.2) is 0 Å². The maximum absolute atomic E-state index is 12.3. The fourth-order valence-corrected chi connectivity index (χ4v) is 1.96. The third kappa shape index (κ3) is 8.41. The van der Waals surface area contributed by atoms with Gasteiger partial charge in [0.2, 0.25) is 17.7 Å². The predicted molar refractivity (Wildman–Crippen MR) is 95.7 cm³/mol. The molecule has 0 heterocycles. The number of hydrogen-bond acceptors (Lipinski definition) is 8. The van der Waals surface area contributed by atoms with Crippen molar-refractivity contribution in [3.8, 4) is 0 Å². The van der Waals surface area contributed by atoms with Crippen LogP contribution in [0.25, 0.3) is 0 Å². The average molecular weight is 404 g/mol. The molecule has 12 nitrogen and oxygen atoms in total. The molecule has 8 N–H and O–H groups in total. The monoisotopic (exact) mass is 404 g/mol. The molecule has 0 aromatic carbocycles. The number of carboxylic acid groups (broad SMARTS) is 1. The van der Waals surface area contributed by atoms with Crippen molar-refractivity contribution >= 4 is 30.0 Å². The highest BCUT2D eigenvalue weighted by Crippen LogP contribution is 2.02. The van der Waals surface area contributed by atoms with Gasteiger partial charge in [-0.1, -0.05) is 13.8 Å². The van der Waals surface area contributed by atoms with Crippen molar-refractivity contribution in [2.24, 2.45) is 11.7 Å². The lowest BCUT2D eigenvalue weighted by atomic mass is 10.0. The number of nitrogens with two attached hydrogens (primary N) is 1. The Morgan fingerprint density at radius 3 is 1.86 bits per heavy atom. The molecule has 0 spiro atoms. The minimum atomic E-state index is -1.55. The fraction of sp³-hybridized carbons (Fsp3) is 0.688. The van der Waals surface area contributed by atoms with E-state index < -0.39 is 67.0 Å². The van der Waals surface area contributed by atoms with Gasteiger partial charge < -0.3 is 41.8 Å². The Morgan fingerprint density at radius 1 is 0.964 bits per heavy atom. The number of carbonyl (C=O) groups excluding carboxylic acids is 4. The Labute approximate surface area is 161 Å². The molecule has 0 radical (unpaired) electrons. The fourth-order valence-electron chi connectivity index (χ4n) is 1.96. The maximum Gasteiger partial charge on any atom is 0.305 e. The van der Waals surface area contributed by atoms with Gasteiger partial charge in [-0.2, -0.15) is 0 Å². The van der Waals surface area contributed by atoms with Crippen LogP contribution < -0.4 is 21.7 Å². The number of aldehydes is 1. The zero-order valence-electron chi connectivity index (χ0n) is 15.9. The van der Waals surface area contributed by atoms with Crippen LogP contribution in [0.1, 0.15) is 27.2 Å². The number of aliphatic carboxylic acids is 1. The molecule has 0 bridgehead atoms. The summed E-state index contributed by atoms with van der Waals surface area (Å²) in [7, 11) is 0. The molecule has 0 rings (SSSR count). The van der Waals surface area contributed by atoms with Crippen molar-refractivity contribution in [2.75, 3.05) is 6.61 Å². The van der Waals surface area contributed by atoms with Gasteiger partial charge in [-0.3, -0.25) is 19.2 Å². The zero-order valence-corrected chi connectivity index (χ0v) is 15.9. The minimum Gasteiger partial charge on any atom is -0.481 e. The van der Waals surface area contributed by atoms with Crippen molar-refractivity contribution in [2.45, 2.75) is 57.5 Å². The highest BCUT2D eigenvalue weighted by Gasteiger charge is 2.31. The van der Waals surface area contributed by atoms with Crippen molar-refractivity contribution in [1.29, 1.82) is 0 Å². The lowest BCUT2D eigenvalue weighted by molar-refractivity contribution is -0.141. The molecular weight excluding hydrogens is 376 g/mol. The van der Waals surface area contributed by atoms with Gasteiger partial charge in [0.25, 0.3) is 0 Å². The second-order valence-electron chi connectivity index (χ2n) is 6.58. The lowest BCUT2D eigenvalue weighted by Crippen LogP contribution is -2.59. The first-order valence-corrected chi connectivity index (χ1v) is 8.57. The van der Waals surface area contributed by atoms with E-state index in [0.717, 1.165) is 0 Å². The number of amides is 3. The van der Waals surface area contributed by atoms with Crippen molar-refractivity contribution < 1.29 is 39.3 Å². The van der Waals surface area contributed by atoms with Crippen LogP contribution in [0.5, 0.6) is 0 Å². The summed E-state index contributed by atoms with van der Waals surface area (Å²) in [5.74, 6) is -4.54. The van der Waals surface area contributed by atoms with Crippen LogP contribution >= 0.6 is 0 Å². The minimum absolute atomic E-state index is 0.269. The van der Waals surface area contributed by atoms with Gasteiger partial charge in [0.05, 0.1) is 25.2 Å². The van der Waals surface area contributed by atoms with E-state index >= 15 is 0 Å². The molecule has 0 fully saturated rings. The Hall–Kier alpha value is -2.57. The highest BCUT2D eigenvalue weighted by atomic mass is 16.4. The van der Waals surface area contributed by atoms with E-state index in [1.165, 1.54) is 6.92 Å². The summed E-state index contributed by atoms with van der Waals surface area (Å²) in [4.78, 5) is 58.4. The normalized spacial score (nSPS) is 16.2. The summed E-state index contributed by atoms with van der Waals surface area (Å²) in [5.41, 5.74) is 5.43. The van der Waals surface area contributed by atoms with E-state index in [1.807, 2.05) is 0 Å². The summed E-state index contributed by atoms with van der Waals surface area (Å²) in [6.45, 7) is 3.71. The molecule has 0 unspecified atom stereocenters. The first-order chi connectivity index (χ1) is 12.9. The highest BCUT2D eigenvalue weighted by molar-refractivity contribution is 5.95. The predicted octanol–water partition coefficient (Wildman–Crippen LogP) is -3.53. The van der Waals surface area contributed by atoms with Crippen molar-refractivity contribution in [3.63, 3.8) is 0 Å². The molecule has 0 saturated heterocycles. The molecule has 0 aliphatic heterocycles. The van der Waals surface area contributed by atoms with Crippen LogP contribution in [0.2, 0.25) is 0 Å². The number of aliphatic hydroxyl groups excluding tert-OH is 2. The number of carboxylic acids is 1. The zero-order chi connectivity index (χ0) is 22.0. The standard InChI is InChI=1S/C16H28N4O8/c1-7(2)10(5-21)19-14(26)9(4-12(24)25)18-15(27)11(6-22)20-16(28)13(17)8(3)23/h5,7-11,13,22-23H,4,6,17H2,1-3H3,(H,18,27)(H,19,26)(H,20,28)(H,24,25)/t8-,9+,10-,11+,13+/m1/s1. The van der Waals surface area contributed by atoms with E-state index in [0.29, 0.717) is 6.29 Å². The molecule has 0 aliphatic carbocycles. The first-order valence-electron chi connectivity index (χ1n) is 8.57. The lowest BCUT2D eigenvalue weighted by Gasteiger charge is -2.24. The smallest absolute Gasteiger partial charge is 0.305 e. The first kappa shape index (κ1) is 25.4. The van der Waals surface area contributed by atoms with Gasteiger partial charge in [0, 0.05) is 0 Å². The summed E-state index contributed by atoms with van der Waals surface area (Å²) in [6, 6.07) is -5.34. The maximum atomic E-state index is 12.3. The topological polar surface area (TPSA) is 208 Å². The summed E-state index contributed by atoms with van der Waals surface area (Å²) >= 11 is 0. The SMILES string of the molecule is CC(C)[C@@H](C=O)NC(=O)[C@H](CC(=O)O)NC(=O)[C@H](CO)NC(=O)[C@@H](N)[C@@H](C)O. The number of carbonyl (C=O) groups is 5. The summed E-state index contributed by atoms with van der Waals surface area (Å²) in [5, 5.41) is 34.1. The molecule has 0 aliphatic rings. The molecule has 5 atom stereocenters. The summed E-state index contributed by atoms with van der Waals surface area (Å²) < 4.78 is 0. The van der Waals surface area contributed by atoms with Crippen molar-refractivity contribution in [3.05, 3.63) is 0 Å². The van der Waals surface area contributed by atoms with E-state index in [9.17, 15) is 34.2 Å². The average Bonchev–Trinajstić information content (AvgIpc) is 2.61. The van der Waals surface area contributed by atoms with Crippen molar-refractivity contribution in [1.82, 2.24) is 16.0 Å². The Morgan fingerprint density at radius 2 is 1.46 bits per heavy atom. The Kier molecular flexibility index (Phi) is 10.9. The van der Waals surface area contributed by atoms with E-state index in [2.05, 4.69) is 16.0 Å². The molecule has 12 heteroatoms. The number of aliphatic hydroxyl groups is 2. The number of nitrogens with one attached hydrogen (secondary N) is 3. The van der Waals surface area contributed by atoms with E-state index in [-0.39, 0.29) is 5.92 Å². The van der Waals surface area contributed by atoms with Crippen LogP contribution in [0.3, 0.4) is 0 Å². The quantitative estimate of drug-likeness (QED) is 0.160. The number of hydrogen-bond donors (Lipinski definition) is 7. The van der Waals surface area contributed by atoms with Gasteiger partial charge in [-0.05, 0) is 12.8 Å². The van der Waals surface area contributed by atoms with E-state index in [4.69, 9.17) is 10.8 Å². The second kappa shape index (κ2) is 12.0. The van der Waals surface area contributed by atoms with Gasteiger partial charge in [-0.15, -0.1) is 0 Å². The van der Waals surface area contributed by atoms with Crippen LogP contribution in [-0.2, 0) is 24.0 Å². The third-order valence-electron chi connectivity index (χ3n) is 3.82. The van der Waals surface area contributed by atoms with Gasteiger partial charge in [0.1, 0.15) is 24.4 Å². The third-order valence-corrected chi connectivity index (χ3v) is 3.82. The van der Waals surface area contributed by atoms with E-state index in [1.54, 1.807) is 13.8 Å². The molecule has 0 aromatic heterocycles. The number of rotatable bonds is 12. The van der Waals surface area contributed by atoms with Gasteiger partial charge >= 0.3 is 5.97 Å². The summed E-state index contributed by atoms with van der Waals surface area (Å²) in [6.07, 6.45) is -1.53.